The molecule has 0 radical (unpaired) electrons. The summed E-state index contributed by atoms with van der Waals surface area (Å²) in [4.78, 5) is 30.4. The van der Waals surface area contributed by atoms with Gasteiger partial charge in [-0.25, -0.2) is 9.78 Å². The van der Waals surface area contributed by atoms with Gasteiger partial charge in [-0.1, -0.05) is 12.1 Å². The number of ketones is 1. The first-order valence-corrected chi connectivity index (χ1v) is 10.8. The third-order valence-electron chi connectivity index (χ3n) is 6.30. The summed E-state index contributed by atoms with van der Waals surface area (Å²) in [5, 5.41) is 0. The Labute approximate surface area is 182 Å². The first kappa shape index (κ1) is 21.1. The molecule has 6 nitrogen and oxygen atoms in total. The summed E-state index contributed by atoms with van der Waals surface area (Å²) in [6.07, 6.45) is 4.62. The maximum atomic E-state index is 11.8. The standard InChI is InChI=1S/C25H29N3O3/c1-16-7-12-28-22(15-19-8-10-27(11-9-19)25(30)31-4)24(26-23(28)13-16)21-6-5-20(18(3)29)14-17(21)2/h5-7,12-14,19H,8-11,15H2,1-4H3. The quantitative estimate of drug-likeness (QED) is 0.568. The summed E-state index contributed by atoms with van der Waals surface area (Å²) in [6, 6.07) is 10.1. The van der Waals surface area contributed by atoms with E-state index in [2.05, 4.69) is 29.7 Å². The number of nitrogens with zero attached hydrogens (tertiary/aromatic N) is 3. The first-order chi connectivity index (χ1) is 14.9. The van der Waals surface area contributed by atoms with E-state index in [1.807, 2.05) is 25.1 Å². The number of carbonyl (C=O) groups is 2. The summed E-state index contributed by atoms with van der Waals surface area (Å²) in [5.41, 5.74) is 7.11. The zero-order chi connectivity index (χ0) is 22.1. The van der Waals surface area contributed by atoms with Crippen LogP contribution in [0.4, 0.5) is 4.79 Å². The molecule has 0 atom stereocenters. The minimum absolute atomic E-state index is 0.0675. The number of aryl methyl sites for hydroxylation is 2. The lowest BCUT2D eigenvalue weighted by atomic mass is 9.90. The highest BCUT2D eigenvalue weighted by molar-refractivity contribution is 5.95. The summed E-state index contributed by atoms with van der Waals surface area (Å²) >= 11 is 0. The number of pyridine rings is 1. The largest absolute Gasteiger partial charge is 0.453 e. The number of Topliss-reactive ketones (excluding diaryl/α,β-unsaturated/α-hetero) is 1. The summed E-state index contributed by atoms with van der Waals surface area (Å²) in [7, 11) is 1.43. The van der Waals surface area contributed by atoms with Gasteiger partial charge < -0.3 is 14.0 Å². The lowest BCUT2D eigenvalue weighted by molar-refractivity contribution is 0.101. The van der Waals surface area contributed by atoms with Crippen LogP contribution in [0.2, 0.25) is 0 Å². The molecule has 1 aliphatic heterocycles. The van der Waals surface area contributed by atoms with Gasteiger partial charge in [0.1, 0.15) is 5.65 Å². The van der Waals surface area contributed by atoms with Crippen LogP contribution in [0, 0.1) is 19.8 Å². The molecule has 31 heavy (non-hydrogen) atoms. The summed E-state index contributed by atoms with van der Waals surface area (Å²) in [6.45, 7) is 7.14. The average molecular weight is 420 g/mol. The smallest absolute Gasteiger partial charge is 0.409 e. The molecule has 0 saturated carbocycles. The van der Waals surface area contributed by atoms with Crippen molar-refractivity contribution < 1.29 is 14.3 Å². The van der Waals surface area contributed by atoms with E-state index in [0.29, 0.717) is 5.92 Å². The van der Waals surface area contributed by atoms with Crippen LogP contribution in [0.1, 0.15) is 46.9 Å². The van der Waals surface area contributed by atoms with Crippen LogP contribution in [-0.4, -0.2) is 46.4 Å². The van der Waals surface area contributed by atoms with Crippen LogP contribution >= 0.6 is 0 Å². The number of aromatic nitrogens is 2. The number of methoxy groups -OCH3 is 1. The molecular formula is C25H29N3O3. The molecule has 0 N–H and O–H groups in total. The zero-order valence-electron chi connectivity index (χ0n) is 18.6. The van der Waals surface area contributed by atoms with Crippen molar-refractivity contribution in [2.24, 2.45) is 5.92 Å². The number of benzene rings is 1. The monoisotopic (exact) mass is 419 g/mol. The summed E-state index contributed by atoms with van der Waals surface area (Å²) < 4.78 is 7.05. The van der Waals surface area contributed by atoms with Gasteiger partial charge in [0.05, 0.1) is 18.5 Å². The van der Waals surface area contributed by atoms with Crippen molar-refractivity contribution in [3.8, 4) is 11.3 Å². The number of hydrogen-bond acceptors (Lipinski definition) is 4. The van der Waals surface area contributed by atoms with Crippen molar-refractivity contribution in [3.63, 3.8) is 0 Å². The van der Waals surface area contributed by atoms with Crippen LogP contribution in [0.15, 0.2) is 36.5 Å². The van der Waals surface area contributed by atoms with Crippen LogP contribution < -0.4 is 0 Å². The van der Waals surface area contributed by atoms with Crippen molar-refractivity contribution >= 4 is 17.5 Å². The number of ether oxygens (including phenoxy) is 1. The second-order valence-electron chi connectivity index (χ2n) is 8.53. The van der Waals surface area contributed by atoms with E-state index >= 15 is 0 Å². The van der Waals surface area contributed by atoms with E-state index < -0.39 is 0 Å². The predicted octanol–water partition coefficient (Wildman–Crippen LogP) is 4.84. The zero-order valence-corrected chi connectivity index (χ0v) is 18.6. The minimum atomic E-state index is -0.245. The van der Waals surface area contributed by atoms with Crippen LogP contribution in [-0.2, 0) is 11.2 Å². The highest BCUT2D eigenvalue weighted by Crippen LogP contribution is 2.32. The van der Waals surface area contributed by atoms with E-state index in [0.717, 1.165) is 60.4 Å². The first-order valence-electron chi connectivity index (χ1n) is 10.8. The number of likely N-dealkylation sites (tertiary alicyclic amines) is 1. The topological polar surface area (TPSA) is 63.9 Å². The highest BCUT2D eigenvalue weighted by Gasteiger charge is 2.26. The van der Waals surface area contributed by atoms with E-state index in [1.54, 1.807) is 11.8 Å². The van der Waals surface area contributed by atoms with Crippen molar-refractivity contribution in [2.45, 2.75) is 40.0 Å². The van der Waals surface area contributed by atoms with Crippen molar-refractivity contribution in [3.05, 3.63) is 58.9 Å². The van der Waals surface area contributed by atoms with Gasteiger partial charge in [0.15, 0.2) is 5.78 Å². The number of rotatable bonds is 4. The second kappa shape index (κ2) is 8.53. The molecule has 1 aliphatic rings. The molecule has 1 saturated heterocycles. The molecule has 1 amide bonds. The van der Waals surface area contributed by atoms with Gasteiger partial charge in [-0.3, -0.25) is 4.79 Å². The van der Waals surface area contributed by atoms with Gasteiger partial charge in [0.2, 0.25) is 0 Å². The van der Waals surface area contributed by atoms with Crippen molar-refractivity contribution in [1.29, 1.82) is 0 Å². The third-order valence-corrected chi connectivity index (χ3v) is 6.30. The lowest BCUT2D eigenvalue weighted by Crippen LogP contribution is -2.38. The Morgan fingerprint density at radius 1 is 1.13 bits per heavy atom. The Morgan fingerprint density at radius 3 is 2.52 bits per heavy atom. The third kappa shape index (κ3) is 4.20. The van der Waals surface area contributed by atoms with Gasteiger partial charge in [-0.15, -0.1) is 0 Å². The van der Waals surface area contributed by atoms with Gasteiger partial charge in [-0.2, -0.15) is 0 Å². The molecular weight excluding hydrogens is 390 g/mol. The number of fused-ring (bicyclic) bond motifs is 1. The minimum Gasteiger partial charge on any atom is -0.453 e. The van der Waals surface area contributed by atoms with E-state index in [1.165, 1.54) is 18.4 Å². The molecule has 6 heteroatoms. The molecule has 3 aromatic rings. The van der Waals surface area contributed by atoms with E-state index in [9.17, 15) is 9.59 Å². The maximum Gasteiger partial charge on any atom is 0.409 e. The molecule has 162 valence electrons. The van der Waals surface area contributed by atoms with Gasteiger partial charge >= 0.3 is 6.09 Å². The molecule has 0 aliphatic carbocycles. The Morgan fingerprint density at radius 2 is 1.87 bits per heavy atom. The Balaban J connectivity index is 1.70. The second-order valence-corrected chi connectivity index (χ2v) is 8.53. The van der Waals surface area contributed by atoms with Crippen LogP contribution in [0.3, 0.4) is 0 Å². The molecule has 0 spiro atoms. The summed E-state index contributed by atoms with van der Waals surface area (Å²) in [5.74, 6) is 0.538. The number of carbonyl (C=O) groups excluding carboxylic acids is 2. The van der Waals surface area contributed by atoms with E-state index in [-0.39, 0.29) is 11.9 Å². The SMILES string of the molecule is COC(=O)N1CCC(Cc2c(-c3ccc(C(C)=O)cc3C)nc3cc(C)ccn23)CC1. The molecule has 1 aromatic carbocycles. The molecule has 4 rings (SSSR count). The molecule has 1 fully saturated rings. The molecule has 3 heterocycles. The normalized spacial score (nSPS) is 14.8. The Bertz CT molecular complexity index is 1140. The number of hydrogen-bond donors (Lipinski definition) is 0. The lowest BCUT2D eigenvalue weighted by Gasteiger charge is -2.31. The highest BCUT2D eigenvalue weighted by atomic mass is 16.5. The number of piperidine rings is 1. The Kier molecular flexibility index (Phi) is 5.81. The molecule has 2 aromatic heterocycles. The van der Waals surface area contributed by atoms with E-state index in [4.69, 9.17) is 9.72 Å². The predicted molar refractivity (Wildman–Crippen MR) is 121 cm³/mol. The van der Waals surface area contributed by atoms with Gasteiger partial charge in [0, 0.05) is 30.4 Å². The van der Waals surface area contributed by atoms with Gasteiger partial charge in [0.25, 0.3) is 0 Å². The van der Waals surface area contributed by atoms with Crippen LogP contribution in [0.25, 0.3) is 16.9 Å². The maximum absolute atomic E-state index is 11.8. The van der Waals surface area contributed by atoms with Gasteiger partial charge in [-0.05, 0) is 75.3 Å². The molecule has 0 bridgehead atoms. The molecule has 0 unspecified atom stereocenters. The fraction of sp³-hybridized carbons (Fsp3) is 0.400. The fourth-order valence-electron chi connectivity index (χ4n) is 4.48. The van der Waals surface area contributed by atoms with Crippen molar-refractivity contribution in [1.82, 2.24) is 14.3 Å². The van der Waals surface area contributed by atoms with Crippen molar-refractivity contribution in [2.75, 3.05) is 20.2 Å². The number of amides is 1. The average Bonchev–Trinajstić information content (AvgIpc) is 3.10. The number of imidazole rings is 1. The van der Waals surface area contributed by atoms with Crippen LogP contribution in [0.5, 0.6) is 0 Å². The Hall–Kier alpha value is -3.15. The fourth-order valence-corrected chi connectivity index (χ4v) is 4.48.